The minimum atomic E-state index is -3.90. The molecule has 0 saturated carbocycles. The number of hydrogen-bond donors (Lipinski definition) is 2. The zero-order valence-electron chi connectivity index (χ0n) is 13.6. The lowest BCUT2D eigenvalue weighted by molar-refractivity contribution is -0.385. The number of halogens is 1. The van der Waals surface area contributed by atoms with Crippen LogP contribution >= 0.6 is 12.4 Å². The zero-order chi connectivity index (χ0) is 17.1. The largest absolute Gasteiger partial charge is 0.495 e. The number of sulfonamides is 1. The second-order valence-corrected chi connectivity index (χ2v) is 7.71. The molecule has 0 amide bonds. The summed E-state index contributed by atoms with van der Waals surface area (Å²) < 4.78 is 32.7. The van der Waals surface area contributed by atoms with E-state index in [1.165, 1.54) is 19.2 Å². The molecule has 10 heteroatoms. The van der Waals surface area contributed by atoms with Crippen LogP contribution in [-0.4, -0.2) is 40.1 Å². The molecule has 0 bridgehead atoms. The first-order valence-electron chi connectivity index (χ1n) is 7.30. The Morgan fingerprint density at radius 3 is 2.54 bits per heavy atom. The van der Waals surface area contributed by atoms with Crippen molar-refractivity contribution in [3.05, 3.63) is 28.3 Å². The highest BCUT2D eigenvalue weighted by atomic mass is 35.5. The minimum absolute atomic E-state index is 0. The van der Waals surface area contributed by atoms with E-state index in [1.54, 1.807) is 0 Å². The van der Waals surface area contributed by atoms with Crippen molar-refractivity contribution >= 4 is 28.1 Å². The van der Waals surface area contributed by atoms with Crippen LogP contribution in [0.3, 0.4) is 0 Å². The number of methoxy groups -OCH3 is 1. The van der Waals surface area contributed by atoms with Crippen molar-refractivity contribution < 1.29 is 18.1 Å². The number of nitro benzene ring substituents is 1. The van der Waals surface area contributed by atoms with E-state index >= 15 is 0 Å². The van der Waals surface area contributed by atoms with Gasteiger partial charge < -0.3 is 10.1 Å². The number of nitrogens with one attached hydrogen (secondary N) is 2. The predicted octanol–water partition coefficient (Wildman–Crippen LogP) is 1.69. The van der Waals surface area contributed by atoms with Crippen LogP contribution in [0, 0.1) is 15.5 Å². The molecule has 0 spiro atoms. The predicted molar refractivity (Wildman–Crippen MR) is 92.3 cm³/mol. The van der Waals surface area contributed by atoms with Crippen LogP contribution in [-0.2, 0) is 10.0 Å². The summed E-state index contributed by atoms with van der Waals surface area (Å²) in [5, 5.41) is 14.1. The fourth-order valence-corrected chi connectivity index (χ4v) is 3.93. The van der Waals surface area contributed by atoms with Crippen LogP contribution in [0.15, 0.2) is 23.1 Å². The van der Waals surface area contributed by atoms with Gasteiger partial charge in [0.05, 0.1) is 12.0 Å². The Morgan fingerprint density at radius 1 is 1.38 bits per heavy atom. The third-order valence-corrected chi connectivity index (χ3v) is 5.57. The van der Waals surface area contributed by atoms with Gasteiger partial charge in [0.25, 0.3) is 5.69 Å². The lowest BCUT2D eigenvalue weighted by Crippen LogP contribution is -2.42. The average Bonchev–Trinajstić information content (AvgIpc) is 2.53. The van der Waals surface area contributed by atoms with Crippen LogP contribution in [0.25, 0.3) is 0 Å². The number of hydrogen-bond acceptors (Lipinski definition) is 6. The highest BCUT2D eigenvalue weighted by molar-refractivity contribution is 7.89. The lowest BCUT2D eigenvalue weighted by atomic mass is 9.81. The van der Waals surface area contributed by atoms with Crippen molar-refractivity contribution in [2.75, 3.05) is 26.7 Å². The number of piperidine rings is 1. The van der Waals surface area contributed by atoms with Crippen molar-refractivity contribution in [3.8, 4) is 5.75 Å². The highest BCUT2D eigenvalue weighted by Crippen LogP contribution is 2.30. The zero-order valence-corrected chi connectivity index (χ0v) is 15.2. The van der Waals surface area contributed by atoms with Gasteiger partial charge in [0.2, 0.25) is 10.0 Å². The Morgan fingerprint density at radius 2 is 2.00 bits per heavy atom. The van der Waals surface area contributed by atoms with Crippen LogP contribution in [0.4, 0.5) is 5.69 Å². The molecular formula is C14H22ClN3O5S. The quantitative estimate of drug-likeness (QED) is 0.574. The Bertz CT molecular complexity index is 690. The summed E-state index contributed by atoms with van der Waals surface area (Å²) in [5.41, 5.74) is -0.425. The maximum atomic E-state index is 12.5. The average molecular weight is 380 g/mol. The van der Waals surface area contributed by atoms with E-state index in [0.29, 0.717) is 0 Å². The molecule has 0 atom stereocenters. The first-order valence-corrected chi connectivity index (χ1v) is 8.79. The summed E-state index contributed by atoms with van der Waals surface area (Å²) in [6.07, 6.45) is 1.73. The van der Waals surface area contributed by atoms with Gasteiger partial charge in [-0.05, 0) is 37.4 Å². The molecule has 0 aromatic heterocycles. The van der Waals surface area contributed by atoms with Crippen molar-refractivity contribution in [1.29, 1.82) is 0 Å². The standard InChI is InChI=1S/C14H21N3O5S.ClH/c1-14(5-7-15-8-6-14)10-16-23(20,21)13-9-11(17(18)19)3-4-12(13)22-2;/h3-4,9,15-16H,5-8,10H2,1-2H3;1H. The number of ether oxygens (including phenoxy) is 1. The van der Waals surface area contributed by atoms with Gasteiger partial charge in [-0.15, -0.1) is 12.4 Å². The molecule has 1 aliphatic heterocycles. The topological polar surface area (TPSA) is 111 Å². The molecule has 1 heterocycles. The van der Waals surface area contributed by atoms with Crippen LogP contribution in [0.1, 0.15) is 19.8 Å². The molecule has 1 aromatic carbocycles. The molecule has 1 fully saturated rings. The van der Waals surface area contributed by atoms with E-state index in [1.807, 2.05) is 6.92 Å². The van der Waals surface area contributed by atoms with Crippen molar-refractivity contribution in [2.45, 2.75) is 24.7 Å². The van der Waals surface area contributed by atoms with Gasteiger partial charge in [-0.25, -0.2) is 13.1 Å². The summed E-state index contributed by atoms with van der Waals surface area (Å²) in [6, 6.07) is 3.52. The van der Waals surface area contributed by atoms with E-state index in [0.717, 1.165) is 32.0 Å². The molecule has 2 N–H and O–H groups in total. The molecule has 136 valence electrons. The summed E-state index contributed by atoms with van der Waals surface area (Å²) in [6.45, 7) is 4.00. The summed E-state index contributed by atoms with van der Waals surface area (Å²) in [5.74, 6) is 0.0820. The number of nitro groups is 1. The maximum absolute atomic E-state index is 12.5. The van der Waals surface area contributed by atoms with Gasteiger partial charge in [0.1, 0.15) is 10.6 Å². The fraction of sp³-hybridized carbons (Fsp3) is 0.571. The Hall–Kier alpha value is -1.42. The minimum Gasteiger partial charge on any atom is -0.495 e. The molecule has 0 unspecified atom stereocenters. The van der Waals surface area contributed by atoms with E-state index < -0.39 is 14.9 Å². The molecule has 0 aliphatic carbocycles. The Labute approximate surface area is 147 Å². The first kappa shape index (κ1) is 20.6. The fourth-order valence-electron chi connectivity index (χ4n) is 2.54. The molecule has 1 aromatic rings. The van der Waals surface area contributed by atoms with E-state index in [-0.39, 0.29) is 40.7 Å². The molecule has 24 heavy (non-hydrogen) atoms. The van der Waals surface area contributed by atoms with E-state index in [4.69, 9.17) is 4.74 Å². The highest BCUT2D eigenvalue weighted by Gasteiger charge is 2.30. The Kier molecular flexibility index (Phi) is 6.97. The summed E-state index contributed by atoms with van der Waals surface area (Å²) in [7, 11) is -2.57. The van der Waals surface area contributed by atoms with E-state index in [2.05, 4.69) is 10.0 Å². The normalized spacial score (nSPS) is 16.9. The third-order valence-electron chi connectivity index (χ3n) is 4.15. The van der Waals surface area contributed by atoms with Crippen LogP contribution in [0.5, 0.6) is 5.75 Å². The second kappa shape index (κ2) is 8.11. The number of benzene rings is 1. The number of non-ortho nitro benzene ring substituents is 1. The van der Waals surface area contributed by atoms with Gasteiger partial charge in [-0.1, -0.05) is 6.92 Å². The molecular weight excluding hydrogens is 358 g/mol. The first-order chi connectivity index (χ1) is 10.8. The summed E-state index contributed by atoms with van der Waals surface area (Å²) in [4.78, 5) is 10.0. The van der Waals surface area contributed by atoms with Gasteiger partial charge in [-0.3, -0.25) is 10.1 Å². The molecule has 2 rings (SSSR count). The number of rotatable bonds is 6. The SMILES string of the molecule is COc1ccc([N+](=O)[O-])cc1S(=O)(=O)NCC1(C)CCNCC1.Cl. The molecule has 8 nitrogen and oxygen atoms in total. The van der Waals surface area contributed by atoms with Crippen molar-refractivity contribution in [2.24, 2.45) is 5.41 Å². The molecule has 1 saturated heterocycles. The smallest absolute Gasteiger partial charge is 0.271 e. The third kappa shape index (κ3) is 4.79. The van der Waals surface area contributed by atoms with Crippen molar-refractivity contribution in [1.82, 2.24) is 10.0 Å². The summed E-state index contributed by atoms with van der Waals surface area (Å²) >= 11 is 0. The van der Waals surface area contributed by atoms with Crippen molar-refractivity contribution in [3.63, 3.8) is 0 Å². The van der Waals surface area contributed by atoms with E-state index in [9.17, 15) is 18.5 Å². The lowest BCUT2D eigenvalue weighted by Gasteiger charge is -2.34. The molecule has 0 radical (unpaired) electrons. The monoisotopic (exact) mass is 379 g/mol. The van der Waals surface area contributed by atoms with Crippen LogP contribution < -0.4 is 14.8 Å². The van der Waals surface area contributed by atoms with Gasteiger partial charge in [-0.2, -0.15) is 0 Å². The van der Waals surface area contributed by atoms with Gasteiger partial charge in [0.15, 0.2) is 0 Å². The second-order valence-electron chi connectivity index (χ2n) is 5.98. The van der Waals surface area contributed by atoms with Gasteiger partial charge >= 0.3 is 0 Å². The molecule has 1 aliphatic rings. The number of nitrogens with zero attached hydrogens (tertiary/aromatic N) is 1. The maximum Gasteiger partial charge on any atom is 0.271 e. The van der Waals surface area contributed by atoms with Gasteiger partial charge in [0, 0.05) is 18.7 Å². The van der Waals surface area contributed by atoms with Crippen LogP contribution in [0.2, 0.25) is 0 Å². The Balaban J connectivity index is 0.00000288.